The van der Waals surface area contributed by atoms with E-state index in [1.54, 1.807) is 23.1 Å². The smallest absolute Gasteiger partial charge is 0.216 e. The maximum absolute atomic E-state index is 6.25. The van der Waals surface area contributed by atoms with E-state index in [1.165, 1.54) is 6.33 Å². The van der Waals surface area contributed by atoms with Crippen LogP contribution in [0.4, 0.5) is 0 Å². The van der Waals surface area contributed by atoms with Crippen molar-refractivity contribution >= 4 is 23.2 Å². The van der Waals surface area contributed by atoms with Gasteiger partial charge in [0.05, 0.1) is 18.2 Å². The highest BCUT2D eigenvalue weighted by atomic mass is 35.5. The molecule has 7 heteroatoms. The van der Waals surface area contributed by atoms with Gasteiger partial charge in [-0.25, -0.2) is 9.67 Å². The zero-order valence-corrected chi connectivity index (χ0v) is 13.4. The topological polar surface area (TPSA) is 49.2 Å². The van der Waals surface area contributed by atoms with Gasteiger partial charge in [-0.15, -0.1) is 0 Å². The van der Waals surface area contributed by atoms with Crippen LogP contribution in [0.1, 0.15) is 19.4 Å². The fourth-order valence-corrected chi connectivity index (χ4v) is 2.67. The summed E-state index contributed by atoms with van der Waals surface area (Å²) in [6.07, 6.45) is 3.07. The predicted molar refractivity (Wildman–Crippen MR) is 81.4 cm³/mol. The van der Waals surface area contributed by atoms with Crippen LogP contribution in [0, 0.1) is 0 Å². The van der Waals surface area contributed by atoms with Gasteiger partial charge in [-0.1, -0.05) is 43.1 Å². The lowest BCUT2D eigenvalue weighted by atomic mass is 10.1. The van der Waals surface area contributed by atoms with Crippen LogP contribution < -0.4 is 0 Å². The van der Waals surface area contributed by atoms with E-state index in [-0.39, 0.29) is 0 Å². The summed E-state index contributed by atoms with van der Waals surface area (Å²) in [5.41, 5.74) is 0.742. The molecule has 21 heavy (non-hydrogen) atoms. The second-order valence-electron chi connectivity index (χ2n) is 4.17. The molecule has 1 aromatic carbocycles. The summed E-state index contributed by atoms with van der Waals surface area (Å²) in [4.78, 5) is 3.91. The molecule has 2 aromatic rings. The molecule has 0 amide bonds. The van der Waals surface area contributed by atoms with E-state index in [1.807, 2.05) is 19.9 Å². The summed E-state index contributed by atoms with van der Waals surface area (Å²) < 4.78 is 13.2. The van der Waals surface area contributed by atoms with Gasteiger partial charge in [-0.05, 0) is 12.1 Å². The van der Waals surface area contributed by atoms with Crippen LogP contribution in [0.5, 0.6) is 0 Å². The predicted octanol–water partition coefficient (Wildman–Crippen LogP) is 3.51. The molecule has 0 N–H and O–H groups in total. The Balaban J connectivity index is 0.000000774. The number of rotatable bonds is 3. The molecule has 1 aliphatic heterocycles. The second-order valence-corrected chi connectivity index (χ2v) is 5.01. The molecular weight excluding hydrogens is 313 g/mol. The van der Waals surface area contributed by atoms with Crippen molar-refractivity contribution in [3.8, 4) is 0 Å². The second kappa shape index (κ2) is 7.22. The molecule has 0 radical (unpaired) electrons. The SMILES string of the molecule is CC.Clc1ccc(C2(Cn3cncn3)OCCO2)c(Cl)c1. The molecule has 0 spiro atoms. The van der Waals surface area contributed by atoms with E-state index in [0.717, 1.165) is 5.56 Å². The molecule has 5 nitrogen and oxygen atoms in total. The van der Waals surface area contributed by atoms with Gasteiger partial charge in [0.1, 0.15) is 19.2 Å². The Morgan fingerprint density at radius 3 is 2.52 bits per heavy atom. The van der Waals surface area contributed by atoms with Gasteiger partial charge in [0.2, 0.25) is 5.79 Å². The molecule has 1 fully saturated rings. The third-order valence-electron chi connectivity index (χ3n) is 2.93. The summed E-state index contributed by atoms with van der Waals surface area (Å²) in [5, 5.41) is 5.15. The van der Waals surface area contributed by atoms with Crippen molar-refractivity contribution in [1.29, 1.82) is 0 Å². The first-order valence-electron chi connectivity index (χ1n) is 6.75. The highest BCUT2D eigenvalue weighted by molar-refractivity contribution is 6.35. The van der Waals surface area contributed by atoms with Gasteiger partial charge in [0.25, 0.3) is 0 Å². The monoisotopic (exact) mass is 329 g/mol. The number of ether oxygens (including phenoxy) is 2. The van der Waals surface area contributed by atoms with E-state index >= 15 is 0 Å². The molecule has 0 atom stereocenters. The summed E-state index contributed by atoms with van der Waals surface area (Å²) in [6.45, 7) is 5.40. The number of hydrogen-bond acceptors (Lipinski definition) is 4. The first kappa shape index (κ1) is 16.2. The number of aromatic nitrogens is 3. The molecule has 3 rings (SSSR count). The van der Waals surface area contributed by atoms with Crippen molar-refractivity contribution in [3.63, 3.8) is 0 Å². The molecule has 1 aromatic heterocycles. The molecule has 0 unspecified atom stereocenters. The van der Waals surface area contributed by atoms with Crippen LogP contribution in [-0.4, -0.2) is 28.0 Å². The number of halogens is 2. The Kier molecular flexibility index (Phi) is 5.58. The standard InChI is InChI=1S/C12H11Cl2N3O2.C2H6/c13-9-1-2-10(11(14)5-9)12(18-3-4-19-12)6-17-8-15-7-16-17;1-2/h1-2,5,7-8H,3-4,6H2;1-2H3. The van der Waals surface area contributed by atoms with Crippen molar-refractivity contribution in [1.82, 2.24) is 14.8 Å². The first-order chi connectivity index (χ1) is 10.2. The van der Waals surface area contributed by atoms with Crippen LogP contribution in [0.25, 0.3) is 0 Å². The number of hydrogen-bond donors (Lipinski definition) is 0. The van der Waals surface area contributed by atoms with E-state index in [4.69, 9.17) is 32.7 Å². The van der Waals surface area contributed by atoms with E-state index in [9.17, 15) is 0 Å². The maximum Gasteiger partial charge on any atom is 0.216 e. The number of benzene rings is 1. The molecule has 0 saturated carbocycles. The summed E-state index contributed by atoms with van der Waals surface area (Å²) in [5.74, 6) is -0.935. The van der Waals surface area contributed by atoms with Crippen LogP contribution >= 0.6 is 23.2 Å². The van der Waals surface area contributed by atoms with Crippen molar-refractivity contribution < 1.29 is 9.47 Å². The van der Waals surface area contributed by atoms with Gasteiger partial charge >= 0.3 is 0 Å². The highest BCUT2D eigenvalue weighted by Gasteiger charge is 2.41. The minimum Gasteiger partial charge on any atom is -0.342 e. The Labute approximate surface area is 133 Å². The zero-order chi connectivity index (χ0) is 15.3. The molecule has 1 saturated heterocycles. The third kappa shape index (κ3) is 3.55. The van der Waals surface area contributed by atoms with Gasteiger partial charge in [0.15, 0.2) is 0 Å². The fraction of sp³-hybridized carbons (Fsp3) is 0.429. The normalized spacial score (nSPS) is 16.4. The van der Waals surface area contributed by atoms with Crippen LogP contribution in [0.3, 0.4) is 0 Å². The van der Waals surface area contributed by atoms with Gasteiger partial charge in [0, 0.05) is 10.6 Å². The van der Waals surface area contributed by atoms with E-state index in [2.05, 4.69) is 10.1 Å². The van der Waals surface area contributed by atoms with Crippen LogP contribution in [0.2, 0.25) is 10.0 Å². The maximum atomic E-state index is 6.25. The summed E-state index contributed by atoms with van der Waals surface area (Å²) in [7, 11) is 0. The number of nitrogens with zero attached hydrogens (tertiary/aromatic N) is 3. The lowest BCUT2D eigenvalue weighted by Gasteiger charge is -2.28. The lowest BCUT2D eigenvalue weighted by Crippen LogP contribution is -2.33. The first-order valence-corrected chi connectivity index (χ1v) is 7.51. The average molecular weight is 330 g/mol. The summed E-state index contributed by atoms with van der Waals surface area (Å²) in [6, 6.07) is 5.25. The third-order valence-corrected chi connectivity index (χ3v) is 3.48. The van der Waals surface area contributed by atoms with Gasteiger partial charge in [-0.2, -0.15) is 5.10 Å². The molecule has 2 heterocycles. The Hall–Kier alpha value is -1.14. The Morgan fingerprint density at radius 1 is 1.24 bits per heavy atom. The van der Waals surface area contributed by atoms with E-state index in [0.29, 0.717) is 29.8 Å². The van der Waals surface area contributed by atoms with Crippen molar-refractivity contribution in [2.75, 3.05) is 13.2 Å². The van der Waals surface area contributed by atoms with Crippen LogP contribution in [-0.2, 0) is 21.8 Å². The van der Waals surface area contributed by atoms with Gasteiger partial charge < -0.3 is 9.47 Å². The molecule has 1 aliphatic rings. The molecule has 114 valence electrons. The van der Waals surface area contributed by atoms with Crippen molar-refractivity contribution in [2.24, 2.45) is 0 Å². The van der Waals surface area contributed by atoms with Gasteiger partial charge in [-0.3, -0.25) is 0 Å². The van der Waals surface area contributed by atoms with Crippen molar-refractivity contribution in [3.05, 3.63) is 46.5 Å². The Morgan fingerprint density at radius 2 is 1.95 bits per heavy atom. The molecule has 0 bridgehead atoms. The van der Waals surface area contributed by atoms with Crippen molar-refractivity contribution in [2.45, 2.75) is 26.2 Å². The molecular formula is C14H17Cl2N3O2. The summed E-state index contributed by atoms with van der Waals surface area (Å²) >= 11 is 12.2. The van der Waals surface area contributed by atoms with E-state index < -0.39 is 5.79 Å². The zero-order valence-electron chi connectivity index (χ0n) is 11.9. The highest BCUT2D eigenvalue weighted by Crippen LogP contribution is 2.38. The minimum atomic E-state index is -0.935. The average Bonchev–Trinajstić information content (AvgIpc) is 3.14. The molecule has 0 aliphatic carbocycles. The largest absolute Gasteiger partial charge is 0.342 e. The van der Waals surface area contributed by atoms with Crippen LogP contribution in [0.15, 0.2) is 30.9 Å². The lowest BCUT2D eigenvalue weighted by molar-refractivity contribution is -0.177. The minimum absolute atomic E-state index is 0.383. The quantitative estimate of drug-likeness (QED) is 0.864. The fourth-order valence-electron chi connectivity index (χ4n) is 2.11. The Bertz CT molecular complexity index is 570.